The summed E-state index contributed by atoms with van der Waals surface area (Å²) in [5.41, 5.74) is 7.54. The Labute approximate surface area is 96.8 Å². The number of ether oxygens (including phenoxy) is 1. The molecule has 0 aliphatic rings. The molecule has 0 fully saturated rings. The summed E-state index contributed by atoms with van der Waals surface area (Å²) in [5.74, 6) is 6.56. The Morgan fingerprint density at radius 2 is 1.93 bits per heavy atom. The van der Waals surface area contributed by atoms with E-state index in [0.717, 1.165) is 12.1 Å². The summed E-state index contributed by atoms with van der Waals surface area (Å²) in [6.45, 7) is 0.744. The van der Waals surface area contributed by atoms with E-state index in [1.165, 1.54) is 0 Å². The van der Waals surface area contributed by atoms with Crippen molar-refractivity contribution in [2.75, 3.05) is 26.9 Å². The molecule has 1 aromatic rings. The molecule has 1 aromatic carbocycles. The fourth-order valence-corrected chi connectivity index (χ4v) is 1.35. The average molecular weight is 232 g/mol. The van der Waals surface area contributed by atoms with Crippen molar-refractivity contribution in [1.82, 2.24) is 0 Å². The Bertz CT molecular complexity index is 323. The fourth-order valence-electron chi connectivity index (χ4n) is 1.35. The Balaban J connectivity index is 0.00000196. The first kappa shape index (κ1) is 14.0. The molecule has 0 aliphatic carbocycles. The molecular weight excluding hydrogens is 214 g/mol. The van der Waals surface area contributed by atoms with Crippen LogP contribution in [0.2, 0.25) is 0 Å². The van der Waals surface area contributed by atoms with Crippen molar-refractivity contribution in [1.29, 1.82) is 0 Å². The van der Waals surface area contributed by atoms with Gasteiger partial charge in [0.1, 0.15) is 12.3 Å². The van der Waals surface area contributed by atoms with Crippen molar-refractivity contribution in [2.24, 2.45) is 5.84 Å². The third-order valence-corrected chi connectivity index (χ3v) is 1.88. The monoisotopic (exact) mass is 231 g/mol. The first-order chi connectivity index (χ1) is 6.42. The molecular formula is C10H18ClN3O. The summed E-state index contributed by atoms with van der Waals surface area (Å²) >= 11 is 0. The number of anilines is 1. The molecule has 86 valence electrons. The second kappa shape index (κ2) is 5.21. The van der Waals surface area contributed by atoms with Crippen molar-refractivity contribution in [3.05, 3.63) is 23.8 Å². The van der Waals surface area contributed by atoms with Crippen molar-refractivity contribution in [2.45, 2.75) is 6.54 Å². The van der Waals surface area contributed by atoms with Gasteiger partial charge in [-0.1, -0.05) is 0 Å². The topological polar surface area (TPSA) is 61.3 Å². The highest BCUT2D eigenvalue weighted by Gasteiger charge is 2.10. The molecule has 0 aliphatic heterocycles. The van der Waals surface area contributed by atoms with E-state index in [0.29, 0.717) is 16.0 Å². The van der Waals surface area contributed by atoms with Crippen LogP contribution in [0.4, 0.5) is 5.69 Å². The van der Waals surface area contributed by atoms with Gasteiger partial charge >= 0.3 is 0 Å². The van der Waals surface area contributed by atoms with Crippen molar-refractivity contribution in [3.63, 3.8) is 0 Å². The van der Waals surface area contributed by atoms with Crippen molar-refractivity contribution < 1.29 is 21.7 Å². The third-order valence-electron chi connectivity index (χ3n) is 1.88. The molecule has 0 saturated heterocycles. The van der Waals surface area contributed by atoms with Crippen LogP contribution in [0.25, 0.3) is 0 Å². The van der Waals surface area contributed by atoms with Gasteiger partial charge in [0, 0.05) is 5.56 Å². The van der Waals surface area contributed by atoms with Gasteiger partial charge in [0.25, 0.3) is 0 Å². The summed E-state index contributed by atoms with van der Waals surface area (Å²) in [4.78, 5) is 0. The summed E-state index contributed by atoms with van der Waals surface area (Å²) in [7, 11) is 5.47. The molecule has 15 heavy (non-hydrogen) atoms. The molecule has 4 N–H and O–H groups in total. The predicted molar refractivity (Wildman–Crippen MR) is 57.4 cm³/mol. The number of nitrogen functional groups attached to an aromatic ring is 1. The number of halogens is 1. The van der Waals surface area contributed by atoms with Crippen LogP contribution in [0.15, 0.2) is 18.2 Å². The Kier molecular flexibility index (Phi) is 4.87. The van der Waals surface area contributed by atoms with Gasteiger partial charge < -0.3 is 22.9 Å². The normalized spacial score (nSPS) is 10.7. The van der Waals surface area contributed by atoms with Crippen LogP contribution in [-0.4, -0.2) is 25.8 Å². The Morgan fingerprint density at radius 3 is 2.33 bits per heavy atom. The first-order valence-corrected chi connectivity index (χ1v) is 4.46. The molecule has 0 aromatic heterocycles. The second-order valence-corrected chi connectivity index (χ2v) is 4.01. The van der Waals surface area contributed by atoms with E-state index in [9.17, 15) is 0 Å². The smallest absolute Gasteiger partial charge is 0.141 e. The standard InChI is InChI=1S/C10H18N3O.ClH/c1-13(2,12)7-8-4-5-10(14-3)9(11)6-8;/h4-6H,7,11-12H2,1-3H3;1H/q+1;/p-1. The number of benzene rings is 1. The lowest BCUT2D eigenvalue weighted by Crippen LogP contribution is -3.00. The van der Waals surface area contributed by atoms with Gasteiger partial charge in [0.15, 0.2) is 0 Å². The number of quaternary nitrogens is 1. The first-order valence-electron chi connectivity index (χ1n) is 4.46. The maximum Gasteiger partial charge on any atom is 0.141 e. The van der Waals surface area contributed by atoms with Crippen LogP contribution in [0.5, 0.6) is 5.75 Å². The number of nitrogens with two attached hydrogens (primary N) is 2. The average Bonchev–Trinajstić information content (AvgIpc) is 2.01. The molecule has 0 radical (unpaired) electrons. The second-order valence-electron chi connectivity index (χ2n) is 4.01. The lowest BCUT2D eigenvalue weighted by Gasteiger charge is -2.22. The summed E-state index contributed by atoms with van der Waals surface area (Å²) in [6, 6.07) is 5.73. The van der Waals surface area contributed by atoms with Crippen molar-refractivity contribution in [3.8, 4) is 5.75 Å². The molecule has 0 heterocycles. The Morgan fingerprint density at radius 1 is 1.33 bits per heavy atom. The van der Waals surface area contributed by atoms with Gasteiger partial charge in [-0.2, -0.15) is 5.84 Å². The van der Waals surface area contributed by atoms with E-state index in [1.807, 2.05) is 32.3 Å². The number of rotatable bonds is 3. The maximum absolute atomic E-state index is 5.85. The van der Waals surface area contributed by atoms with Gasteiger partial charge in [-0.25, -0.2) is 4.59 Å². The molecule has 4 nitrogen and oxygen atoms in total. The predicted octanol–water partition coefficient (Wildman–Crippen LogP) is -2.27. The largest absolute Gasteiger partial charge is 1.00 e. The zero-order chi connectivity index (χ0) is 10.8. The van der Waals surface area contributed by atoms with Crippen LogP contribution >= 0.6 is 0 Å². The number of hydrogen-bond acceptors (Lipinski definition) is 3. The molecule has 0 unspecified atom stereocenters. The van der Waals surface area contributed by atoms with Gasteiger partial charge in [-0.15, -0.1) is 0 Å². The summed E-state index contributed by atoms with van der Waals surface area (Å²) in [5, 5.41) is 0. The van der Waals surface area contributed by atoms with E-state index in [-0.39, 0.29) is 12.4 Å². The zero-order valence-corrected chi connectivity index (χ0v) is 10.1. The van der Waals surface area contributed by atoms with Crippen LogP contribution in [0.3, 0.4) is 0 Å². The van der Waals surface area contributed by atoms with E-state index in [2.05, 4.69) is 0 Å². The fraction of sp³-hybridized carbons (Fsp3) is 0.400. The van der Waals surface area contributed by atoms with Crippen LogP contribution in [0, 0.1) is 0 Å². The number of hydrogen-bond donors (Lipinski definition) is 2. The maximum atomic E-state index is 5.85. The SMILES string of the molecule is COc1ccc(C[N+](C)(C)N)cc1N.[Cl-]. The van der Waals surface area contributed by atoms with Gasteiger partial charge in [-0.05, 0) is 18.2 Å². The zero-order valence-electron chi connectivity index (χ0n) is 9.33. The molecule has 0 saturated carbocycles. The van der Waals surface area contributed by atoms with Gasteiger partial charge in [-0.3, -0.25) is 0 Å². The highest BCUT2D eigenvalue weighted by molar-refractivity contribution is 5.54. The number of methoxy groups -OCH3 is 1. The quantitative estimate of drug-likeness (QED) is 0.267. The van der Waals surface area contributed by atoms with E-state index in [4.69, 9.17) is 16.3 Å². The molecule has 0 spiro atoms. The van der Waals surface area contributed by atoms with E-state index >= 15 is 0 Å². The summed E-state index contributed by atoms with van der Waals surface area (Å²) < 4.78 is 5.46. The minimum atomic E-state index is 0. The number of nitrogens with zero attached hydrogens (tertiary/aromatic N) is 1. The molecule has 0 bridgehead atoms. The molecule has 0 atom stereocenters. The third kappa shape index (κ3) is 4.38. The van der Waals surface area contributed by atoms with Crippen molar-refractivity contribution >= 4 is 5.69 Å². The molecule has 1 rings (SSSR count). The lowest BCUT2D eigenvalue weighted by atomic mass is 10.2. The van der Waals surface area contributed by atoms with Gasteiger partial charge in [0.05, 0.1) is 26.9 Å². The van der Waals surface area contributed by atoms with Crippen LogP contribution in [-0.2, 0) is 6.54 Å². The summed E-state index contributed by atoms with van der Waals surface area (Å²) in [6.07, 6.45) is 0. The highest BCUT2D eigenvalue weighted by Crippen LogP contribution is 2.22. The lowest BCUT2D eigenvalue weighted by molar-refractivity contribution is -0.915. The molecule has 5 heteroatoms. The molecule has 0 amide bonds. The highest BCUT2D eigenvalue weighted by atomic mass is 35.5. The minimum Gasteiger partial charge on any atom is -1.00 e. The van der Waals surface area contributed by atoms with Gasteiger partial charge in [0.2, 0.25) is 0 Å². The van der Waals surface area contributed by atoms with Crippen LogP contribution in [0.1, 0.15) is 5.56 Å². The Hall–Kier alpha value is -0.970. The van der Waals surface area contributed by atoms with Crippen LogP contribution < -0.4 is 28.7 Å². The minimum absolute atomic E-state index is 0. The van der Waals surface area contributed by atoms with E-state index in [1.54, 1.807) is 7.11 Å². The van der Waals surface area contributed by atoms with E-state index < -0.39 is 0 Å².